The number of aliphatic hydroxyl groups is 1. The summed E-state index contributed by atoms with van der Waals surface area (Å²) in [5.41, 5.74) is 0. The fraction of sp³-hybridized carbons (Fsp3) is 0.893. The number of phosphoric acid groups is 2. The smallest absolute Gasteiger partial charge is 0.462 e. The van der Waals surface area contributed by atoms with Gasteiger partial charge in [0, 0.05) is 25.7 Å². The van der Waals surface area contributed by atoms with E-state index in [1.807, 2.05) is 0 Å². The number of carbonyl (C=O) groups is 4. The van der Waals surface area contributed by atoms with Crippen molar-refractivity contribution in [2.75, 3.05) is 39.6 Å². The molecule has 0 aromatic heterocycles. The minimum atomic E-state index is -4.96. The molecule has 5 unspecified atom stereocenters. The third-order valence-electron chi connectivity index (χ3n) is 16.9. The Morgan fingerprint density at radius 3 is 0.777 bits per heavy atom. The van der Waals surface area contributed by atoms with Crippen molar-refractivity contribution in [2.24, 2.45) is 0 Å². The fourth-order valence-corrected chi connectivity index (χ4v) is 12.5. The van der Waals surface area contributed by atoms with Gasteiger partial charge in [-0.2, -0.15) is 0 Å². The Labute approximate surface area is 573 Å². The minimum absolute atomic E-state index is 0.0926. The number of hydrogen-bond acceptors (Lipinski definition) is 15. The summed E-state index contributed by atoms with van der Waals surface area (Å²) >= 11 is 0. The fourth-order valence-electron chi connectivity index (χ4n) is 11.0. The zero-order valence-corrected chi connectivity index (χ0v) is 62.2. The summed E-state index contributed by atoms with van der Waals surface area (Å²) in [6.07, 6.45) is 61.7. The molecular formula is C75H142O17P2. The lowest BCUT2D eigenvalue weighted by atomic mass is 10.0. The van der Waals surface area contributed by atoms with E-state index in [1.54, 1.807) is 0 Å². The van der Waals surface area contributed by atoms with Crippen LogP contribution in [0.2, 0.25) is 0 Å². The third-order valence-corrected chi connectivity index (χ3v) is 18.8. The number of esters is 4. The first-order chi connectivity index (χ1) is 45.7. The lowest BCUT2D eigenvalue weighted by Crippen LogP contribution is -2.30. The first-order valence-corrected chi connectivity index (χ1v) is 41.6. The average molecular weight is 1380 g/mol. The Kier molecular flexibility index (Phi) is 67.2. The van der Waals surface area contributed by atoms with Gasteiger partial charge in [0.2, 0.25) is 0 Å². The maximum Gasteiger partial charge on any atom is 0.472 e. The van der Waals surface area contributed by atoms with Crippen molar-refractivity contribution in [3.8, 4) is 0 Å². The average Bonchev–Trinajstić information content (AvgIpc) is 2.22. The monoisotopic (exact) mass is 1380 g/mol. The second-order valence-electron chi connectivity index (χ2n) is 26.3. The number of carbonyl (C=O) groups excluding carboxylic acids is 4. The molecule has 0 saturated heterocycles. The van der Waals surface area contributed by atoms with Crippen LogP contribution in [0.25, 0.3) is 0 Å². The molecule has 0 aliphatic heterocycles. The van der Waals surface area contributed by atoms with Crippen LogP contribution < -0.4 is 0 Å². The molecule has 0 spiro atoms. The zero-order valence-electron chi connectivity index (χ0n) is 60.4. The molecular weight excluding hydrogens is 1230 g/mol. The predicted molar refractivity (Wildman–Crippen MR) is 381 cm³/mol. The molecule has 554 valence electrons. The van der Waals surface area contributed by atoms with Crippen molar-refractivity contribution in [3.63, 3.8) is 0 Å². The number of rotatable bonds is 74. The number of unbranched alkanes of at least 4 members (excludes halogenated alkanes) is 44. The Hall–Kier alpha value is -2.46. The van der Waals surface area contributed by atoms with Crippen LogP contribution >= 0.6 is 15.6 Å². The third kappa shape index (κ3) is 68.1. The summed E-state index contributed by atoms with van der Waals surface area (Å²) in [7, 11) is -9.92. The molecule has 0 saturated carbocycles. The summed E-state index contributed by atoms with van der Waals surface area (Å²) in [4.78, 5) is 72.7. The van der Waals surface area contributed by atoms with Crippen LogP contribution in [0.1, 0.15) is 374 Å². The highest BCUT2D eigenvalue weighted by atomic mass is 31.2. The molecule has 0 heterocycles. The summed E-state index contributed by atoms with van der Waals surface area (Å²) in [5.74, 6) is -2.15. The largest absolute Gasteiger partial charge is 0.472 e. The van der Waals surface area contributed by atoms with Crippen molar-refractivity contribution >= 4 is 39.5 Å². The van der Waals surface area contributed by atoms with E-state index in [0.717, 1.165) is 116 Å². The van der Waals surface area contributed by atoms with Gasteiger partial charge in [-0.1, -0.05) is 302 Å². The van der Waals surface area contributed by atoms with Gasteiger partial charge in [0.05, 0.1) is 26.4 Å². The zero-order chi connectivity index (χ0) is 69.0. The molecule has 0 rings (SSSR count). The Balaban J connectivity index is 5.26. The highest BCUT2D eigenvalue weighted by Gasteiger charge is 2.30. The molecule has 0 amide bonds. The number of aliphatic hydroxyl groups excluding tert-OH is 1. The van der Waals surface area contributed by atoms with Gasteiger partial charge in [-0.3, -0.25) is 37.3 Å². The van der Waals surface area contributed by atoms with Crippen molar-refractivity contribution in [1.82, 2.24) is 0 Å². The van der Waals surface area contributed by atoms with E-state index in [4.69, 9.17) is 37.0 Å². The molecule has 0 aromatic carbocycles. The second kappa shape index (κ2) is 69.0. The molecule has 3 N–H and O–H groups in total. The Morgan fingerprint density at radius 2 is 0.500 bits per heavy atom. The van der Waals surface area contributed by atoms with Gasteiger partial charge in [0.25, 0.3) is 0 Å². The maximum atomic E-state index is 13.1. The highest BCUT2D eigenvalue weighted by molar-refractivity contribution is 7.47. The number of allylic oxidation sites excluding steroid dienone is 4. The van der Waals surface area contributed by atoms with Crippen molar-refractivity contribution < 1.29 is 80.2 Å². The molecule has 0 aliphatic rings. The van der Waals surface area contributed by atoms with E-state index in [1.165, 1.54) is 180 Å². The lowest BCUT2D eigenvalue weighted by Gasteiger charge is -2.21. The quantitative estimate of drug-likeness (QED) is 0.0169. The van der Waals surface area contributed by atoms with Crippen LogP contribution in [-0.4, -0.2) is 96.7 Å². The van der Waals surface area contributed by atoms with Gasteiger partial charge < -0.3 is 33.8 Å². The van der Waals surface area contributed by atoms with Gasteiger partial charge in [-0.25, -0.2) is 9.13 Å². The van der Waals surface area contributed by atoms with E-state index in [9.17, 15) is 43.2 Å². The summed E-state index contributed by atoms with van der Waals surface area (Å²) in [6.45, 7) is 4.89. The van der Waals surface area contributed by atoms with Crippen LogP contribution in [0.3, 0.4) is 0 Å². The van der Waals surface area contributed by atoms with Crippen LogP contribution in [0.15, 0.2) is 24.3 Å². The van der Waals surface area contributed by atoms with E-state index in [0.29, 0.717) is 25.7 Å². The number of ether oxygens (including phenoxy) is 4. The topological polar surface area (TPSA) is 237 Å². The standard InChI is InChI=1S/C75H142O17P2/c1-5-9-13-17-21-25-29-32-34-37-40-43-47-51-55-59-72(77)85-65-70(91-74(79)61-57-53-49-45-39-28-24-20-16-12-8-4)67-89-93(81,82)87-63-69(76)64-88-94(83,84)90-68-71(92-75(80)62-58-54-50-46-42-36-31-27-23-19-15-11-7-3)66-86-73(78)60-56-52-48-44-41-38-35-33-30-26-22-18-14-10-6-2/h20,24,27,31,69-71,76H,5-19,21-23,25-26,28-30,32-68H2,1-4H3,(H,81,82)(H,83,84)/b24-20-,31-27-. The van der Waals surface area contributed by atoms with Gasteiger partial charge >= 0.3 is 39.5 Å². The maximum absolute atomic E-state index is 13.1. The van der Waals surface area contributed by atoms with Gasteiger partial charge in [-0.15, -0.1) is 0 Å². The first-order valence-electron chi connectivity index (χ1n) is 38.6. The van der Waals surface area contributed by atoms with E-state index < -0.39 is 97.5 Å². The SMILES string of the molecule is CCCC/C=C\CCCCCCCC(=O)OC(COC(=O)CCCCCCCCCCCCCCCCC)COP(=O)(O)OCC(O)COP(=O)(O)OCC(COC(=O)CCCCCCCCCCCCCCCCC)OC(=O)CCCCCCC/C=C\CCCCCC. The normalized spacial score (nSPS) is 14.1. The molecule has 17 nitrogen and oxygen atoms in total. The van der Waals surface area contributed by atoms with Crippen LogP contribution in [0, 0.1) is 0 Å². The molecule has 0 bridgehead atoms. The molecule has 0 fully saturated rings. The number of phosphoric ester groups is 2. The summed E-state index contributed by atoms with van der Waals surface area (Å²) in [6, 6.07) is 0. The number of hydrogen-bond donors (Lipinski definition) is 3. The molecule has 0 aromatic rings. The molecule has 19 heteroatoms. The predicted octanol–water partition coefficient (Wildman–Crippen LogP) is 21.8. The summed E-state index contributed by atoms with van der Waals surface area (Å²) in [5, 5.41) is 10.6. The molecule has 0 radical (unpaired) electrons. The van der Waals surface area contributed by atoms with Crippen molar-refractivity contribution in [2.45, 2.75) is 393 Å². The Morgan fingerprint density at radius 1 is 0.287 bits per heavy atom. The van der Waals surface area contributed by atoms with Gasteiger partial charge in [0.1, 0.15) is 19.3 Å². The lowest BCUT2D eigenvalue weighted by molar-refractivity contribution is -0.161. The molecule has 0 aliphatic carbocycles. The van der Waals surface area contributed by atoms with E-state index >= 15 is 0 Å². The minimum Gasteiger partial charge on any atom is -0.462 e. The van der Waals surface area contributed by atoms with Crippen molar-refractivity contribution in [1.29, 1.82) is 0 Å². The van der Waals surface area contributed by atoms with Gasteiger partial charge in [-0.05, 0) is 70.6 Å². The van der Waals surface area contributed by atoms with E-state index in [2.05, 4.69) is 52.0 Å². The molecule has 94 heavy (non-hydrogen) atoms. The highest BCUT2D eigenvalue weighted by Crippen LogP contribution is 2.45. The van der Waals surface area contributed by atoms with Crippen LogP contribution in [0.5, 0.6) is 0 Å². The molecule has 5 atom stereocenters. The van der Waals surface area contributed by atoms with E-state index in [-0.39, 0.29) is 25.7 Å². The van der Waals surface area contributed by atoms with Crippen molar-refractivity contribution in [3.05, 3.63) is 24.3 Å². The Bertz CT molecular complexity index is 1880. The van der Waals surface area contributed by atoms with Crippen LogP contribution in [-0.2, 0) is 65.4 Å². The van der Waals surface area contributed by atoms with Crippen LogP contribution in [0.4, 0.5) is 0 Å². The second-order valence-corrected chi connectivity index (χ2v) is 29.2. The first kappa shape index (κ1) is 91.5. The van der Waals surface area contributed by atoms with Gasteiger partial charge in [0.15, 0.2) is 12.2 Å². The summed E-state index contributed by atoms with van der Waals surface area (Å²) < 4.78 is 68.4.